The van der Waals surface area contributed by atoms with E-state index in [9.17, 15) is 4.79 Å². The summed E-state index contributed by atoms with van der Waals surface area (Å²) < 4.78 is 0.984. The van der Waals surface area contributed by atoms with E-state index in [0.717, 1.165) is 21.2 Å². The molecule has 1 aliphatic rings. The molecule has 0 N–H and O–H groups in total. The molecule has 1 amide bonds. The molecule has 1 aliphatic heterocycles. The van der Waals surface area contributed by atoms with Gasteiger partial charge in [-0.25, -0.2) is 0 Å². The largest absolute Gasteiger partial charge is 0.282 e. The molecule has 0 bridgehead atoms. The number of nitrogens with zero attached hydrogens (tertiary/aromatic N) is 2. The highest BCUT2D eigenvalue weighted by molar-refractivity contribution is 8.21. The fraction of sp³-hybridized carbons (Fsp3) is 0.158. The van der Waals surface area contributed by atoms with E-state index in [1.165, 1.54) is 10.6 Å². The van der Waals surface area contributed by atoms with Crippen LogP contribution in [0.2, 0.25) is 0 Å². The van der Waals surface area contributed by atoms with Gasteiger partial charge in [-0.2, -0.15) is 10.1 Å². The van der Waals surface area contributed by atoms with Crippen LogP contribution in [-0.4, -0.2) is 24.1 Å². The van der Waals surface area contributed by atoms with Crippen LogP contribution in [0, 0.1) is 6.92 Å². The molecule has 0 fully saturated rings. The third kappa shape index (κ3) is 3.14. The van der Waals surface area contributed by atoms with E-state index in [2.05, 4.69) is 5.10 Å². The summed E-state index contributed by atoms with van der Waals surface area (Å²) in [5, 5.41) is 6.15. The van der Waals surface area contributed by atoms with Gasteiger partial charge in [0.2, 0.25) is 0 Å². The number of hydrazone groups is 1. The second-order valence-corrected chi connectivity index (χ2v) is 7.23. The van der Waals surface area contributed by atoms with Crippen molar-refractivity contribution in [1.29, 1.82) is 0 Å². The van der Waals surface area contributed by atoms with Crippen molar-refractivity contribution in [3.8, 4) is 0 Å². The first-order valence-electron chi connectivity index (χ1n) is 7.53. The molecule has 2 aromatic rings. The van der Waals surface area contributed by atoms with Crippen LogP contribution in [0.1, 0.15) is 11.1 Å². The molecule has 0 saturated carbocycles. The van der Waals surface area contributed by atoms with Crippen LogP contribution in [0.5, 0.6) is 0 Å². The maximum absolute atomic E-state index is 13.0. The van der Waals surface area contributed by atoms with Gasteiger partial charge in [0, 0.05) is 5.56 Å². The van der Waals surface area contributed by atoms with Crippen molar-refractivity contribution in [2.24, 2.45) is 5.10 Å². The Labute approximate surface area is 150 Å². The zero-order valence-electron chi connectivity index (χ0n) is 13.8. The van der Waals surface area contributed by atoms with Gasteiger partial charge >= 0.3 is 0 Å². The maximum Gasteiger partial charge on any atom is 0.282 e. The van der Waals surface area contributed by atoms with Crippen LogP contribution >= 0.6 is 23.5 Å². The number of carbonyl (C=O) groups excluding carboxylic acids is 1. The predicted octanol–water partition coefficient (Wildman–Crippen LogP) is 4.68. The molecule has 0 spiro atoms. The normalized spacial score (nSPS) is 14.1. The summed E-state index contributed by atoms with van der Waals surface area (Å²) in [4.78, 5) is 13.0. The number of carbonyl (C=O) groups is 1. The van der Waals surface area contributed by atoms with Crippen LogP contribution in [-0.2, 0) is 4.79 Å². The minimum Gasteiger partial charge on any atom is -0.267 e. The lowest BCUT2D eigenvalue weighted by molar-refractivity contribution is -0.114. The van der Waals surface area contributed by atoms with Gasteiger partial charge in [-0.15, -0.1) is 23.5 Å². The average Bonchev–Trinajstić information content (AvgIpc) is 2.95. The van der Waals surface area contributed by atoms with E-state index in [-0.39, 0.29) is 5.91 Å². The minimum absolute atomic E-state index is 0.0736. The summed E-state index contributed by atoms with van der Waals surface area (Å²) in [5.74, 6) is -0.0736. The van der Waals surface area contributed by atoms with E-state index < -0.39 is 0 Å². The summed E-state index contributed by atoms with van der Waals surface area (Å²) in [6, 6.07) is 17.7. The molecule has 24 heavy (non-hydrogen) atoms. The Morgan fingerprint density at radius 2 is 1.58 bits per heavy atom. The van der Waals surface area contributed by atoms with Crippen LogP contribution in [0.15, 0.2) is 69.5 Å². The predicted molar refractivity (Wildman–Crippen MR) is 106 cm³/mol. The Balaban J connectivity index is 2.15. The molecular formula is C19H18N2OS2. The van der Waals surface area contributed by atoms with Crippen molar-refractivity contribution >= 4 is 40.8 Å². The number of hydrogen-bond donors (Lipinski definition) is 0. The smallest absolute Gasteiger partial charge is 0.267 e. The highest BCUT2D eigenvalue weighted by Crippen LogP contribution is 2.35. The highest BCUT2D eigenvalue weighted by Gasteiger charge is 2.34. The van der Waals surface area contributed by atoms with Crippen molar-refractivity contribution in [1.82, 2.24) is 0 Å². The van der Waals surface area contributed by atoms with E-state index >= 15 is 0 Å². The highest BCUT2D eigenvalue weighted by atomic mass is 32.2. The quantitative estimate of drug-likeness (QED) is 0.747. The summed E-state index contributed by atoms with van der Waals surface area (Å²) in [6.07, 6.45) is 3.98. The summed E-state index contributed by atoms with van der Waals surface area (Å²) in [5.41, 5.74) is 4.35. The molecule has 0 aromatic heterocycles. The van der Waals surface area contributed by atoms with E-state index in [1.54, 1.807) is 23.5 Å². The third-order valence-corrected chi connectivity index (χ3v) is 5.89. The van der Waals surface area contributed by atoms with Crippen molar-refractivity contribution in [2.45, 2.75) is 6.92 Å². The van der Waals surface area contributed by atoms with Gasteiger partial charge in [-0.1, -0.05) is 48.0 Å². The Bertz CT molecular complexity index is 805. The van der Waals surface area contributed by atoms with Gasteiger partial charge < -0.3 is 0 Å². The molecular weight excluding hydrogens is 336 g/mol. The van der Waals surface area contributed by atoms with Gasteiger partial charge in [-0.05, 0) is 31.6 Å². The zero-order chi connectivity index (χ0) is 17.1. The molecule has 3 nitrogen and oxygen atoms in total. The topological polar surface area (TPSA) is 32.7 Å². The number of amides is 1. The molecule has 2 aromatic carbocycles. The monoisotopic (exact) mass is 354 g/mol. The number of hydrogen-bond acceptors (Lipinski definition) is 4. The minimum atomic E-state index is -0.0736. The Morgan fingerprint density at radius 3 is 2.17 bits per heavy atom. The van der Waals surface area contributed by atoms with E-state index in [1.807, 2.05) is 74.0 Å². The van der Waals surface area contributed by atoms with Crippen molar-refractivity contribution in [3.63, 3.8) is 0 Å². The van der Waals surface area contributed by atoms with Crippen LogP contribution < -0.4 is 5.01 Å². The van der Waals surface area contributed by atoms with E-state index in [4.69, 9.17) is 0 Å². The Kier molecular flexibility index (Phi) is 5.11. The maximum atomic E-state index is 13.0. The van der Waals surface area contributed by atoms with Gasteiger partial charge in [0.1, 0.15) is 5.71 Å². The fourth-order valence-electron chi connectivity index (χ4n) is 2.53. The number of anilines is 1. The lowest BCUT2D eigenvalue weighted by atomic mass is 10.0. The molecule has 0 radical (unpaired) electrons. The molecule has 0 aliphatic carbocycles. The number of para-hydroxylation sites is 1. The number of benzene rings is 2. The molecule has 0 atom stereocenters. The summed E-state index contributed by atoms with van der Waals surface area (Å²) >= 11 is 3.17. The van der Waals surface area contributed by atoms with Gasteiger partial charge in [-0.3, -0.25) is 4.79 Å². The SMILES string of the molecule is CSC(SC)=C1C(=O)N(c2ccccc2)N=C1c1ccc(C)cc1. The second-order valence-electron chi connectivity index (χ2n) is 5.34. The Morgan fingerprint density at radius 1 is 0.958 bits per heavy atom. The standard InChI is InChI=1S/C19H18N2OS2/c1-13-9-11-14(12-10-13)17-16(19(23-2)24-3)18(22)21(20-17)15-7-5-4-6-8-15/h4-12H,1-3H3. The first-order chi connectivity index (χ1) is 11.7. The van der Waals surface area contributed by atoms with Crippen LogP contribution in [0.4, 0.5) is 5.69 Å². The summed E-state index contributed by atoms with van der Waals surface area (Å²) in [7, 11) is 0. The lowest BCUT2D eigenvalue weighted by Crippen LogP contribution is -2.21. The average molecular weight is 355 g/mol. The fourth-order valence-corrected chi connectivity index (χ4v) is 3.97. The third-order valence-electron chi connectivity index (χ3n) is 3.74. The number of aryl methyl sites for hydroxylation is 1. The first-order valence-corrected chi connectivity index (χ1v) is 9.98. The molecule has 3 rings (SSSR count). The molecule has 0 unspecified atom stereocenters. The van der Waals surface area contributed by atoms with Crippen molar-refractivity contribution < 1.29 is 4.79 Å². The second kappa shape index (κ2) is 7.28. The van der Waals surface area contributed by atoms with Gasteiger partial charge in [0.25, 0.3) is 5.91 Å². The lowest BCUT2D eigenvalue weighted by Gasteiger charge is -2.11. The number of thioether (sulfide) groups is 2. The zero-order valence-corrected chi connectivity index (χ0v) is 15.4. The van der Waals surface area contributed by atoms with Gasteiger partial charge in [0.05, 0.1) is 15.5 Å². The van der Waals surface area contributed by atoms with E-state index in [0.29, 0.717) is 5.57 Å². The van der Waals surface area contributed by atoms with Gasteiger partial charge in [0.15, 0.2) is 0 Å². The van der Waals surface area contributed by atoms with Crippen LogP contribution in [0.3, 0.4) is 0 Å². The molecule has 122 valence electrons. The van der Waals surface area contributed by atoms with Crippen LogP contribution in [0.25, 0.3) is 0 Å². The summed E-state index contributed by atoms with van der Waals surface area (Å²) in [6.45, 7) is 2.05. The molecule has 0 saturated heterocycles. The van der Waals surface area contributed by atoms with Crippen molar-refractivity contribution in [3.05, 3.63) is 75.5 Å². The van der Waals surface area contributed by atoms with Crippen molar-refractivity contribution in [2.75, 3.05) is 17.5 Å². The Hall–Kier alpha value is -1.98. The number of rotatable bonds is 4. The molecule has 5 heteroatoms. The first kappa shape index (κ1) is 16.9. The molecule has 1 heterocycles.